The number of aliphatic hydroxyl groups is 1. The van der Waals surface area contributed by atoms with Crippen molar-refractivity contribution in [3.63, 3.8) is 0 Å². The van der Waals surface area contributed by atoms with E-state index in [1.165, 1.54) is 0 Å². The molecule has 1 saturated heterocycles. The molecule has 82 valence electrons. The number of ether oxygens (including phenoxy) is 3. The molecule has 0 saturated carbocycles. The molecule has 0 aliphatic carbocycles. The number of carbonyl (C=O) groups excluding carboxylic acids is 1. The lowest BCUT2D eigenvalue weighted by atomic mass is 10.2. The van der Waals surface area contributed by atoms with Gasteiger partial charge in [-0.3, -0.25) is 0 Å². The number of aliphatic hydroxyl groups excluding tert-OH is 1. The fourth-order valence-electron chi connectivity index (χ4n) is 1.25. The summed E-state index contributed by atoms with van der Waals surface area (Å²) < 4.78 is 15.2. The lowest BCUT2D eigenvalue weighted by Gasteiger charge is -2.19. The highest BCUT2D eigenvalue weighted by atomic mass is 16.7. The normalized spacial score (nSPS) is 27.3. The van der Waals surface area contributed by atoms with Crippen LogP contribution in [0.1, 0.15) is 20.8 Å². The molecule has 0 spiro atoms. The van der Waals surface area contributed by atoms with Crippen LogP contribution < -0.4 is 0 Å². The van der Waals surface area contributed by atoms with Crippen LogP contribution in [-0.2, 0) is 19.0 Å². The van der Waals surface area contributed by atoms with Gasteiger partial charge < -0.3 is 19.3 Å². The first-order valence-electron chi connectivity index (χ1n) is 4.63. The zero-order chi connectivity index (χ0) is 10.8. The van der Waals surface area contributed by atoms with E-state index >= 15 is 0 Å². The van der Waals surface area contributed by atoms with Crippen molar-refractivity contribution >= 4 is 5.97 Å². The molecular formula is C9H16O5. The van der Waals surface area contributed by atoms with Crippen LogP contribution in [0.15, 0.2) is 0 Å². The van der Waals surface area contributed by atoms with Crippen molar-refractivity contribution in [2.45, 2.75) is 38.8 Å². The zero-order valence-corrected chi connectivity index (χ0v) is 8.65. The van der Waals surface area contributed by atoms with Crippen LogP contribution in [0.2, 0.25) is 0 Å². The average Bonchev–Trinajstić information content (AvgIpc) is 2.45. The second-order valence-corrected chi connectivity index (χ2v) is 3.56. The van der Waals surface area contributed by atoms with Crippen LogP contribution in [-0.4, -0.2) is 42.3 Å². The predicted octanol–water partition coefficient (Wildman–Crippen LogP) is 0.0619. The summed E-state index contributed by atoms with van der Waals surface area (Å²) in [7, 11) is 0. The van der Waals surface area contributed by atoms with Gasteiger partial charge in [0.1, 0.15) is 6.10 Å². The Labute approximate surface area is 82.9 Å². The van der Waals surface area contributed by atoms with Gasteiger partial charge in [-0.25, -0.2) is 4.79 Å². The van der Waals surface area contributed by atoms with Gasteiger partial charge in [-0.1, -0.05) is 0 Å². The molecule has 1 heterocycles. The molecule has 0 aromatic rings. The Hall–Kier alpha value is -0.650. The van der Waals surface area contributed by atoms with E-state index < -0.39 is 24.0 Å². The third-order valence-corrected chi connectivity index (χ3v) is 1.91. The Bertz CT molecular complexity index is 213. The molecule has 1 N–H and O–H groups in total. The molecule has 5 heteroatoms. The van der Waals surface area contributed by atoms with Gasteiger partial charge in [-0.15, -0.1) is 0 Å². The minimum atomic E-state index is -1.27. The molecule has 1 rings (SSSR count). The summed E-state index contributed by atoms with van der Waals surface area (Å²) in [6, 6.07) is 0. The van der Waals surface area contributed by atoms with Gasteiger partial charge in [-0.2, -0.15) is 0 Å². The highest BCUT2D eigenvalue weighted by Gasteiger charge is 2.40. The molecule has 0 aromatic heterocycles. The largest absolute Gasteiger partial charge is 0.464 e. The van der Waals surface area contributed by atoms with E-state index in [1.54, 1.807) is 20.8 Å². The molecule has 0 bridgehead atoms. The van der Waals surface area contributed by atoms with Crippen LogP contribution in [0.3, 0.4) is 0 Å². The van der Waals surface area contributed by atoms with Crippen LogP contribution in [0, 0.1) is 0 Å². The summed E-state index contributed by atoms with van der Waals surface area (Å²) in [6.07, 6.45) is -1.90. The average molecular weight is 204 g/mol. The van der Waals surface area contributed by atoms with Gasteiger partial charge in [0.05, 0.1) is 13.2 Å². The molecule has 0 radical (unpaired) electrons. The Morgan fingerprint density at radius 3 is 2.79 bits per heavy atom. The Morgan fingerprint density at radius 2 is 2.36 bits per heavy atom. The SMILES string of the molecule is CCOC(=O)C(O)[C@@H]1COC(C)(C)O1. The Morgan fingerprint density at radius 1 is 1.71 bits per heavy atom. The second-order valence-electron chi connectivity index (χ2n) is 3.56. The molecule has 1 aliphatic heterocycles. The smallest absolute Gasteiger partial charge is 0.337 e. The summed E-state index contributed by atoms with van der Waals surface area (Å²) in [5.41, 5.74) is 0. The summed E-state index contributed by atoms with van der Waals surface area (Å²) in [5.74, 6) is -1.41. The van der Waals surface area contributed by atoms with Crippen molar-refractivity contribution < 1.29 is 24.1 Å². The van der Waals surface area contributed by atoms with Gasteiger partial charge in [0.25, 0.3) is 0 Å². The van der Waals surface area contributed by atoms with Gasteiger partial charge in [0, 0.05) is 0 Å². The Balaban J connectivity index is 2.46. The van der Waals surface area contributed by atoms with E-state index in [0.29, 0.717) is 0 Å². The summed E-state index contributed by atoms with van der Waals surface area (Å²) in [6.45, 7) is 5.58. The predicted molar refractivity (Wildman–Crippen MR) is 47.5 cm³/mol. The fourth-order valence-corrected chi connectivity index (χ4v) is 1.25. The van der Waals surface area contributed by atoms with E-state index in [4.69, 9.17) is 9.47 Å². The van der Waals surface area contributed by atoms with E-state index in [2.05, 4.69) is 4.74 Å². The minimum absolute atomic E-state index is 0.201. The highest BCUT2D eigenvalue weighted by molar-refractivity contribution is 5.75. The van der Waals surface area contributed by atoms with E-state index in [-0.39, 0.29) is 13.2 Å². The van der Waals surface area contributed by atoms with Crippen molar-refractivity contribution in [1.29, 1.82) is 0 Å². The van der Waals surface area contributed by atoms with Crippen molar-refractivity contribution in [2.24, 2.45) is 0 Å². The molecule has 14 heavy (non-hydrogen) atoms. The summed E-state index contributed by atoms with van der Waals surface area (Å²) >= 11 is 0. The first-order chi connectivity index (χ1) is 6.46. The van der Waals surface area contributed by atoms with Crippen molar-refractivity contribution in [1.82, 2.24) is 0 Å². The van der Waals surface area contributed by atoms with Crippen molar-refractivity contribution in [3.05, 3.63) is 0 Å². The standard InChI is InChI=1S/C9H16O5/c1-4-12-8(11)7(10)6-5-13-9(2,3)14-6/h6-7,10H,4-5H2,1-3H3/t6-,7?/m0/s1. The number of hydrogen-bond donors (Lipinski definition) is 1. The first kappa shape index (κ1) is 11.4. The van der Waals surface area contributed by atoms with Crippen LogP contribution >= 0.6 is 0 Å². The first-order valence-corrected chi connectivity index (χ1v) is 4.63. The van der Waals surface area contributed by atoms with Crippen LogP contribution in [0.5, 0.6) is 0 Å². The lowest BCUT2D eigenvalue weighted by Crippen LogP contribution is -2.38. The highest BCUT2D eigenvalue weighted by Crippen LogP contribution is 2.24. The Kier molecular flexibility index (Phi) is 3.47. The van der Waals surface area contributed by atoms with E-state index in [1.807, 2.05) is 0 Å². The third-order valence-electron chi connectivity index (χ3n) is 1.91. The maximum Gasteiger partial charge on any atom is 0.337 e. The molecule has 0 amide bonds. The van der Waals surface area contributed by atoms with Gasteiger partial charge >= 0.3 is 5.97 Å². The van der Waals surface area contributed by atoms with Crippen LogP contribution in [0.25, 0.3) is 0 Å². The molecule has 0 aromatic carbocycles. The van der Waals surface area contributed by atoms with E-state index in [9.17, 15) is 9.90 Å². The monoisotopic (exact) mass is 204 g/mol. The maximum atomic E-state index is 11.1. The minimum Gasteiger partial charge on any atom is -0.464 e. The molecule has 2 atom stereocenters. The van der Waals surface area contributed by atoms with Gasteiger partial charge in [0.2, 0.25) is 0 Å². The summed E-state index contributed by atoms with van der Waals surface area (Å²) in [4.78, 5) is 11.1. The molecule has 1 unspecified atom stereocenters. The quantitative estimate of drug-likeness (QED) is 0.659. The maximum absolute atomic E-state index is 11.1. The summed E-state index contributed by atoms with van der Waals surface area (Å²) in [5, 5.41) is 9.50. The van der Waals surface area contributed by atoms with Gasteiger partial charge in [-0.05, 0) is 20.8 Å². The van der Waals surface area contributed by atoms with E-state index in [0.717, 1.165) is 0 Å². The van der Waals surface area contributed by atoms with Crippen molar-refractivity contribution in [3.8, 4) is 0 Å². The topological polar surface area (TPSA) is 65.0 Å². The number of esters is 1. The molecule has 5 nitrogen and oxygen atoms in total. The lowest BCUT2D eigenvalue weighted by molar-refractivity contribution is -0.172. The number of rotatable bonds is 3. The fraction of sp³-hybridized carbons (Fsp3) is 0.889. The molecular weight excluding hydrogens is 188 g/mol. The molecule has 1 fully saturated rings. The van der Waals surface area contributed by atoms with Crippen LogP contribution in [0.4, 0.5) is 0 Å². The number of carbonyl (C=O) groups is 1. The van der Waals surface area contributed by atoms with Gasteiger partial charge in [0.15, 0.2) is 11.9 Å². The number of hydrogen-bond acceptors (Lipinski definition) is 5. The van der Waals surface area contributed by atoms with Crippen molar-refractivity contribution in [2.75, 3.05) is 13.2 Å². The third kappa shape index (κ3) is 2.67. The zero-order valence-electron chi connectivity index (χ0n) is 8.65. The molecule has 1 aliphatic rings. The second kappa shape index (κ2) is 4.25.